The average molecular weight is 442 g/mol. The van der Waals surface area contributed by atoms with Crippen molar-refractivity contribution in [3.05, 3.63) is 23.8 Å². The molecule has 7 heteroatoms. The highest BCUT2D eigenvalue weighted by Gasteiger charge is 2.42. The second-order valence-corrected chi connectivity index (χ2v) is 9.90. The molecule has 0 bridgehead atoms. The first-order valence-corrected chi connectivity index (χ1v) is 12.1. The van der Waals surface area contributed by atoms with E-state index in [0.29, 0.717) is 17.0 Å². The van der Waals surface area contributed by atoms with Gasteiger partial charge >= 0.3 is 0 Å². The maximum atomic E-state index is 13.2. The molecule has 0 unspecified atom stereocenters. The summed E-state index contributed by atoms with van der Waals surface area (Å²) in [5.41, 5.74) is -0.128. The van der Waals surface area contributed by atoms with Crippen molar-refractivity contribution >= 4 is 23.4 Å². The Morgan fingerprint density at radius 1 is 0.969 bits per heavy atom. The lowest BCUT2D eigenvalue weighted by Crippen LogP contribution is -2.55. The molecule has 174 valence electrons. The molecule has 0 radical (unpaired) electrons. The zero-order valence-corrected chi connectivity index (χ0v) is 19.2. The Bertz CT molecular complexity index is 870. The average Bonchev–Trinajstić information content (AvgIpc) is 2.78. The predicted molar refractivity (Wildman–Crippen MR) is 123 cm³/mol. The zero-order chi connectivity index (χ0) is 22.7. The van der Waals surface area contributed by atoms with Gasteiger partial charge in [0, 0.05) is 17.6 Å². The molecule has 1 heterocycles. The number of carbonyl (C=O) groups excluding carboxylic acids is 3. The summed E-state index contributed by atoms with van der Waals surface area (Å²) in [6.45, 7) is 3.32. The molecule has 0 atom stereocenters. The zero-order valence-electron chi connectivity index (χ0n) is 19.2. The third-order valence-corrected chi connectivity index (χ3v) is 6.85. The van der Waals surface area contributed by atoms with Gasteiger partial charge in [-0.1, -0.05) is 38.5 Å². The van der Waals surface area contributed by atoms with Crippen molar-refractivity contribution in [1.29, 1.82) is 0 Å². The smallest absolute Gasteiger partial charge is 0.271 e. The second kappa shape index (κ2) is 9.51. The third kappa shape index (κ3) is 5.08. The highest BCUT2D eigenvalue weighted by Crippen LogP contribution is 2.38. The largest absolute Gasteiger partial charge is 0.476 e. The van der Waals surface area contributed by atoms with Gasteiger partial charge < -0.3 is 15.4 Å². The molecule has 2 fully saturated rings. The van der Waals surface area contributed by atoms with Crippen molar-refractivity contribution in [3.8, 4) is 5.75 Å². The molecular formula is C25H35N3O4. The summed E-state index contributed by atoms with van der Waals surface area (Å²) < 4.78 is 5.92. The minimum atomic E-state index is -1.08. The van der Waals surface area contributed by atoms with Gasteiger partial charge in [-0.3, -0.25) is 19.3 Å². The van der Waals surface area contributed by atoms with Gasteiger partial charge in [0.25, 0.3) is 11.8 Å². The van der Waals surface area contributed by atoms with Crippen LogP contribution in [-0.4, -0.2) is 42.0 Å². The molecule has 1 aliphatic heterocycles. The number of carbonyl (C=O) groups is 3. The quantitative estimate of drug-likeness (QED) is 0.729. The van der Waals surface area contributed by atoms with Gasteiger partial charge in [0.15, 0.2) is 5.60 Å². The van der Waals surface area contributed by atoms with Crippen LogP contribution in [0, 0.1) is 0 Å². The van der Waals surface area contributed by atoms with Gasteiger partial charge in [0.2, 0.25) is 5.91 Å². The monoisotopic (exact) mass is 441 g/mol. The molecule has 1 aromatic carbocycles. The van der Waals surface area contributed by atoms with Crippen LogP contribution in [0.1, 0.15) is 88.4 Å². The van der Waals surface area contributed by atoms with E-state index >= 15 is 0 Å². The van der Waals surface area contributed by atoms with Crippen LogP contribution in [0.3, 0.4) is 0 Å². The lowest BCUT2D eigenvalue weighted by Gasteiger charge is -2.39. The van der Waals surface area contributed by atoms with Crippen LogP contribution in [0.25, 0.3) is 0 Å². The van der Waals surface area contributed by atoms with Crippen LogP contribution in [0.15, 0.2) is 18.2 Å². The van der Waals surface area contributed by atoms with Crippen LogP contribution >= 0.6 is 0 Å². The summed E-state index contributed by atoms with van der Waals surface area (Å²) in [5.74, 6) is -0.0996. The number of hydrogen-bond acceptors (Lipinski definition) is 4. The molecule has 4 rings (SSSR count). The summed E-state index contributed by atoms with van der Waals surface area (Å²) in [7, 11) is 0. The van der Waals surface area contributed by atoms with E-state index in [2.05, 4.69) is 10.6 Å². The van der Waals surface area contributed by atoms with E-state index in [1.165, 1.54) is 17.7 Å². The number of amides is 3. The standard InChI is InChI=1S/C25H35N3O4/c1-25(2)24(31)28(16-22(29)26-18-9-5-3-6-10-18)20-15-17(13-14-21(20)32-25)23(30)27-19-11-7-4-8-12-19/h13-15,18-19H,3-12,16H2,1-2H3,(H,26,29)(H,27,30). The van der Waals surface area contributed by atoms with E-state index in [4.69, 9.17) is 4.74 Å². The summed E-state index contributed by atoms with van der Waals surface area (Å²) in [6, 6.07) is 5.50. The van der Waals surface area contributed by atoms with Crippen molar-refractivity contribution in [2.75, 3.05) is 11.4 Å². The Hall–Kier alpha value is -2.57. The minimum absolute atomic E-state index is 0.0805. The van der Waals surface area contributed by atoms with Crippen molar-refractivity contribution < 1.29 is 19.1 Å². The first-order chi connectivity index (χ1) is 15.3. The number of nitrogens with one attached hydrogen (secondary N) is 2. The molecular weight excluding hydrogens is 406 g/mol. The lowest BCUT2D eigenvalue weighted by molar-refractivity contribution is -0.134. The van der Waals surface area contributed by atoms with Gasteiger partial charge in [0.05, 0.1) is 5.69 Å². The molecule has 32 heavy (non-hydrogen) atoms. The Balaban J connectivity index is 1.52. The van der Waals surface area contributed by atoms with Gasteiger partial charge in [-0.25, -0.2) is 0 Å². The van der Waals surface area contributed by atoms with Crippen LogP contribution in [0.2, 0.25) is 0 Å². The first kappa shape index (κ1) is 22.6. The Morgan fingerprint density at radius 3 is 2.19 bits per heavy atom. The molecule has 0 saturated heterocycles. The SMILES string of the molecule is CC1(C)Oc2ccc(C(=O)NC3CCCCC3)cc2N(CC(=O)NC2CCCCC2)C1=O. The fourth-order valence-corrected chi connectivity index (χ4v) is 5.05. The highest BCUT2D eigenvalue weighted by molar-refractivity contribution is 6.07. The molecule has 0 aromatic heterocycles. The molecule has 0 spiro atoms. The van der Waals surface area contributed by atoms with Crippen molar-refractivity contribution in [1.82, 2.24) is 10.6 Å². The molecule has 2 N–H and O–H groups in total. The van der Waals surface area contributed by atoms with E-state index < -0.39 is 5.60 Å². The third-order valence-electron chi connectivity index (χ3n) is 6.85. The van der Waals surface area contributed by atoms with Crippen molar-refractivity contribution in [3.63, 3.8) is 0 Å². The predicted octanol–water partition coefficient (Wildman–Crippen LogP) is 3.70. The van der Waals surface area contributed by atoms with Gasteiger partial charge in [-0.2, -0.15) is 0 Å². The first-order valence-electron chi connectivity index (χ1n) is 12.1. The highest BCUT2D eigenvalue weighted by atomic mass is 16.5. The maximum absolute atomic E-state index is 13.2. The minimum Gasteiger partial charge on any atom is -0.476 e. The molecule has 7 nitrogen and oxygen atoms in total. The topological polar surface area (TPSA) is 87.7 Å². The summed E-state index contributed by atoms with van der Waals surface area (Å²) in [6.07, 6.45) is 10.9. The van der Waals surface area contributed by atoms with Gasteiger partial charge in [-0.05, 0) is 57.7 Å². The Morgan fingerprint density at radius 2 is 1.56 bits per heavy atom. The Kier molecular flexibility index (Phi) is 6.72. The van der Waals surface area contributed by atoms with Crippen LogP contribution in [0.5, 0.6) is 5.75 Å². The molecule has 3 amide bonds. The summed E-state index contributed by atoms with van der Waals surface area (Å²) >= 11 is 0. The lowest BCUT2D eigenvalue weighted by atomic mass is 9.95. The molecule has 2 saturated carbocycles. The van der Waals surface area contributed by atoms with E-state index in [1.807, 2.05) is 0 Å². The fraction of sp³-hybridized carbons (Fsp3) is 0.640. The summed E-state index contributed by atoms with van der Waals surface area (Å²) in [4.78, 5) is 40.3. The number of fused-ring (bicyclic) bond motifs is 1. The molecule has 1 aromatic rings. The van der Waals surface area contributed by atoms with E-state index in [-0.39, 0.29) is 36.3 Å². The number of hydrogen-bond donors (Lipinski definition) is 2. The number of benzene rings is 1. The molecule has 3 aliphatic rings. The normalized spacial score (nSPS) is 21.4. The van der Waals surface area contributed by atoms with Gasteiger partial charge in [-0.15, -0.1) is 0 Å². The van der Waals surface area contributed by atoms with Crippen LogP contribution < -0.4 is 20.3 Å². The number of anilines is 1. The van der Waals surface area contributed by atoms with Crippen molar-refractivity contribution in [2.45, 2.75) is 95.7 Å². The van der Waals surface area contributed by atoms with Crippen LogP contribution in [-0.2, 0) is 9.59 Å². The fourth-order valence-electron chi connectivity index (χ4n) is 5.05. The van der Waals surface area contributed by atoms with Gasteiger partial charge in [0.1, 0.15) is 12.3 Å². The maximum Gasteiger partial charge on any atom is 0.271 e. The summed E-state index contributed by atoms with van der Waals surface area (Å²) in [5, 5.41) is 6.20. The second-order valence-electron chi connectivity index (χ2n) is 9.90. The van der Waals surface area contributed by atoms with Crippen LogP contribution in [0.4, 0.5) is 5.69 Å². The number of ether oxygens (including phenoxy) is 1. The van der Waals surface area contributed by atoms with Crippen molar-refractivity contribution in [2.24, 2.45) is 0 Å². The number of nitrogens with zero attached hydrogens (tertiary/aromatic N) is 1. The Labute approximate surface area is 190 Å². The van der Waals surface area contributed by atoms with E-state index in [1.54, 1.807) is 32.0 Å². The van der Waals surface area contributed by atoms with E-state index in [0.717, 1.165) is 51.4 Å². The molecule has 2 aliphatic carbocycles. The van der Waals surface area contributed by atoms with E-state index in [9.17, 15) is 14.4 Å². The number of rotatable bonds is 5.